The largest absolute Gasteiger partial charge is 0.429 e. The highest BCUT2D eigenvalue weighted by Gasteiger charge is 2.33. The Bertz CT molecular complexity index is 1490. The van der Waals surface area contributed by atoms with E-state index in [1.165, 1.54) is 29.7 Å². The summed E-state index contributed by atoms with van der Waals surface area (Å²) in [6.07, 6.45) is 2.56. The molecule has 1 aliphatic rings. The van der Waals surface area contributed by atoms with Crippen LogP contribution in [0.15, 0.2) is 65.6 Å². The maximum atomic E-state index is 13.5. The van der Waals surface area contributed by atoms with Gasteiger partial charge in [0.25, 0.3) is 0 Å². The van der Waals surface area contributed by atoms with Crippen molar-refractivity contribution in [3.63, 3.8) is 0 Å². The van der Waals surface area contributed by atoms with Crippen molar-refractivity contribution >= 4 is 28.9 Å². The number of rotatable bonds is 7. The summed E-state index contributed by atoms with van der Waals surface area (Å²) in [6.45, 7) is 5.16. The number of aromatic nitrogens is 4. The third-order valence-corrected chi connectivity index (χ3v) is 7.12. The minimum absolute atomic E-state index is 0.162. The van der Waals surface area contributed by atoms with E-state index >= 15 is 0 Å². The lowest BCUT2D eigenvalue weighted by molar-refractivity contribution is -0.373. The van der Waals surface area contributed by atoms with Gasteiger partial charge in [-0.15, -0.1) is 0 Å². The summed E-state index contributed by atoms with van der Waals surface area (Å²) >= 11 is 0. The van der Waals surface area contributed by atoms with E-state index < -0.39 is 12.2 Å². The van der Waals surface area contributed by atoms with Gasteiger partial charge < -0.3 is 14.2 Å². The molecule has 1 unspecified atom stereocenters. The van der Waals surface area contributed by atoms with Gasteiger partial charge in [0.2, 0.25) is 12.2 Å². The summed E-state index contributed by atoms with van der Waals surface area (Å²) < 4.78 is 22.4. The zero-order chi connectivity index (χ0) is 26.8. The molecule has 0 radical (unpaired) electrons. The number of ether oxygens (including phenoxy) is 1. The molecular weight excluding hydrogens is 487 g/mol. The van der Waals surface area contributed by atoms with E-state index in [4.69, 9.17) is 9.72 Å². The number of halogens is 1. The Morgan fingerprint density at radius 2 is 1.87 bits per heavy atom. The molecule has 198 valence electrons. The molecule has 1 atom stereocenters. The highest BCUT2D eigenvalue weighted by atomic mass is 19.1. The predicted octanol–water partition coefficient (Wildman–Crippen LogP) is 3.39. The number of anilines is 2. The van der Waals surface area contributed by atoms with Gasteiger partial charge in [-0.25, -0.2) is 9.37 Å². The summed E-state index contributed by atoms with van der Waals surface area (Å²) in [7, 11) is 1.95. The first-order valence-electron chi connectivity index (χ1n) is 12.8. The number of fused-ring (bicyclic) bond motifs is 1. The van der Waals surface area contributed by atoms with Crippen LogP contribution < -0.4 is 20.3 Å². The van der Waals surface area contributed by atoms with Gasteiger partial charge in [0.1, 0.15) is 5.82 Å². The fourth-order valence-electron chi connectivity index (χ4n) is 5.22. The Labute approximate surface area is 220 Å². The van der Waals surface area contributed by atoms with Crippen LogP contribution in [0.1, 0.15) is 38.5 Å². The van der Waals surface area contributed by atoms with E-state index in [2.05, 4.69) is 25.4 Å². The van der Waals surface area contributed by atoms with Crippen LogP contribution in [0.3, 0.4) is 0 Å². The maximum Gasteiger partial charge on any atom is 0.363 e. The van der Waals surface area contributed by atoms with Crippen molar-refractivity contribution in [3.05, 3.63) is 82.5 Å². The minimum atomic E-state index is -0.735. The Morgan fingerprint density at radius 3 is 2.58 bits per heavy atom. The molecule has 2 aromatic heterocycles. The average Bonchev–Trinajstić information content (AvgIpc) is 3.27. The fourth-order valence-corrected chi connectivity index (χ4v) is 5.22. The number of nitrogens with zero attached hydrogens (tertiary/aromatic N) is 5. The number of hydrogen-bond donors (Lipinski definition) is 0. The van der Waals surface area contributed by atoms with E-state index in [-0.39, 0.29) is 17.4 Å². The van der Waals surface area contributed by atoms with Crippen LogP contribution in [0.4, 0.5) is 16.3 Å². The molecule has 9 nitrogen and oxygen atoms in total. The maximum absolute atomic E-state index is 13.5. The molecule has 2 aromatic carbocycles. The van der Waals surface area contributed by atoms with Crippen LogP contribution in [0, 0.1) is 5.82 Å². The van der Waals surface area contributed by atoms with Gasteiger partial charge in [-0.3, -0.25) is 19.5 Å². The number of H-pyrrole nitrogens is 1. The first-order chi connectivity index (χ1) is 18.3. The van der Waals surface area contributed by atoms with Crippen LogP contribution in [-0.4, -0.2) is 46.3 Å². The first-order valence-corrected chi connectivity index (χ1v) is 12.8. The number of nitrogens with one attached hydrogen (secondary N) is 1. The number of imidazole rings is 1. The monoisotopic (exact) mass is 519 g/mol. The topological polar surface area (TPSA) is 86.7 Å². The molecule has 0 spiro atoms. The summed E-state index contributed by atoms with van der Waals surface area (Å²) in [5.41, 5.74) is 2.72. The van der Waals surface area contributed by atoms with Crippen LogP contribution in [-0.2, 0) is 16.1 Å². The molecule has 3 heterocycles. The smallest absolute Gasteiger partial charge is 0.363 e. The highest BCUT2D eigenvalue weighted by molar-refractivity contribution is 5.79. The highest BCUT2D eigenvalue weighted by Crippen LogP contribution is 2.28. The molecule has 38 heavy (non-hydrogen) atoms. The Kier molecular flexibility index (Phi) is 7.13. The molecule has 10 heteroatoms. The minimum Gasteiger partial charge on any atom is -0.429 e. The molecule has 0 aliphatic carbocycles. The Balaban J connectivity index is 1.37. The van der Waals surface area contributed by atoms with E-state index in [9.17, 15) is 14.0 Å². The molecule has 1 fully saturated rings. The summed E-state index contributed by atoms with van der Waals surface area (Å²) in [4.78, 5) is 36.7. The van der Waals surface area contributed by atoms with Crippen molar-refractivity contribution in [2.24, 2.45) is 0 Å². The third kappa shape index (κ3) is 5.11. The van der Waals surface area contributed by atoms with Crippen molar-refractivity contribution in [1.82, 2.24) is 14.1 Å². The number of piperidine rings is 1. The van der Waals surface area contributed by atoms with Crippen molar-refractivity contribution in [3.8, 4) is 0 Å². The van der Waals surface area contributed by atoms with Crippen molar-refractivity contribution in [1.29, 1.82) is 0 Å². The van der Waals surface area contributed by atoms with Crippen molar-refractivity contribution in [2.45, 2.75) is 45.5 Å². The number of aromatic amines is 1. The molecule has 1 aliphatic heterocycles. The molecule has 4 aromatic rings. The standard InChI is InChI=1S/C28H31FN6O3/c1-19(38-20(2)36)35-26(37)12-15-30-27(35)32(3)23-13-16-33(17-14-23)28-31-24-6-4-5-7-25(24)34(28)18-21-8-10-22(29)11-9-21/h4-12,15,19,23H,13-14,16-18H2,1-3H3/p+1. The zero-order valence-corrected chi connectivity index (χ0v) is 21.8. The molecular formula is C28H32FN6O3+. The second kappa shape index (κ2) is 10.6. The van der Waals surface area contributed by atoms with Crippen molar-refractivity contribution in [2.75, 3.05) is 29.9 Å². The van der Waals surface area contributed by atoms with Gasteiger partial charge in [0.15, 0.2) is 0 Å². The molecule has 1 saturated heterocycles. The average molecular weight is 520 g/mol. The second-order valence-electron chi connectivity index (χ2n) is 9.66. The molecule has 0 saturated carbocycles. The summed E-state index contributed by atoms with van der Waals surface area (Å²) in [5.74, 6) is 0.786. The quantitative estimate of drug-likeness (QED) is 0.348. The second-order valence-corrected chi connectivity index (χ2v) is 9.66. The number of para-hydroxylation sites is 2. The van der Waals surface area contributed by atoms with Crippen LogP contribution in [0.25, 0.3) is 11.0 Å². The zero-order valence-electron chi connectivity index (χ0n) is 21.8. The van der Waals surface area contributed by atoms with Crippen LogP contribution >= 0.6 is 0 Å². The number of carbonyl (C=O) groups is 1. The lowest BCUT2D eigenvalue weighted by atomic mass is 10.0. The van der Waals surface area contributed by atoms with Gasteiger partial charge in [0, 0.05) is 26.9 Å². The van der Waals surface area contributed by atoms with E-state index in [1.807, 2.05) is 37.4 Å². The third-order valence-electron chi connectivity index (χ3n) is 7.12. The van der Waals surface area contributed by atoms with Crippen molar-refractivity contribution < 1.29 is 18.9 Å². The van der Waals surface area contributed by atoms with Gasteiger partial charge in [-0.1, -0.05) is 24.3 Å². The number of esters is 1. The number of benzene rings is 2. The lowest BCUT2D eigenvalue weighted by Crippen LogP contribution is -2.48. The van der Waals surface area contributed by atoms with Gasteiger partial charge in [0.05, 0.1) is 42.9 Å². The first kappa shape index (κ1) is 25.4. The molecule has 0 bridgehead atoms. The molecule has 5 rings (SSSR count). The van der Waals surface area contributed by atoms with E-state index in [0.29, 0.717) is 12.5 Å². The van der Waals surface area contributed by atoms with Gasteiger partial charge in [-0.2, -0.15) is 4.57 Å². The Morgan fingerprint density at radius 1 is 1.16 bits per heavy atom. The molecule has 0 amide bonds. The normalized spacial score (nSPS) is 15.0. The fraction of sp³-hybridized carbons (Fsp3) is 0.357. The van der Waals surface area contributed by atoms with Gasteiger partial charge >= 0.3 is 17.5 Å². The number of carbonyl (C=O) groups excluding carboxylic acids is 1. The van der Waals surface area contributed by atoms with Gasteiger partial charge in [-0.05, 0) is 42.7 Å². The predicted molar refractivity (Wildman–Crippen MR) is 143 cm³/mol. The van der Waals surface area contributed by atoms with Crippen LogP contribution in [0.5, 0.6) is 0 Å². The van der Waals surface area contributed by atoms with E-state index in [1.54, 1.807) is 13.1 Å². The van der Waals surface area contributed by atoms with E-state index in [0.717, 1.165) is 48.5 Å². The summed E-state index contributed by atoms with van der Waals surface area (Å²) in [5, 5.41) is 0. The lowest BCUT2D eigenvalue weighted by Gasteiger charge is -2.35. The van der Waals surface area contributed by atoms with Crippen LogP contribution in [0.2, 0.25) is 0 Å². The molecule has 1 N–H and O–H groups in total. The Hall–Kier alpha value is -4.21. The number of hydrogen-bond acceptors (Lipinski definition) is 6. The summed E-state index contributed by atoms with van der Waals surface area (Å²) in [6, 6.07) is 16.2. The SMILES string of the molecule is CC(=O)OC(C)n1c(N(C)C2CCN(c3nc4ccccc4n3Cc3ccc(F)cc3)CC2)[nH+]ccc1=O.